The van der Waals surface area contributed by atoms with Crippen LogP contribution in [0.5, 0.6) is 0 Å². The zero-order chi connectivity index (χ0) is 28.3. The van der Waals surface area contributed by atoms with Gasteiger partial charge in [-0.1, -0.05) is 51.0 Å². The molecular formula is C29H49N3O4S. The number of unbranched alkanes of at least 4 members (excludes halogenated alkanes) is 1. The molecule has 37 heavy (non-hydrogen) atoms. The van der Waals surface area contributed by atoms with Gasteiger partial charge in [-0.3, -0.25) is 9.59 Å². The van der Waals surface area contributed by atoms with Crippen LogP contribution in [0.25, 0.3) is 0 Å². The van der Waals surface area contributed by atoms with Crippen LogP contribution in [-0.4, -0.2) is 52.8 Å². The molecule has 0 saturated carbocycles. The quantitative estimate of drug-likeness (QED) is 0.222. The Morgan fingerprint density at radius 2 is 1.73 bits per heavy atom. The highest BCUT2D eigenvalue weighted by atomic mass is 32.1. The standard InChI is InChI=1S/C29H49N3O4S/c1-10-11-16-30-26(33)25(23-17-20(4)13-14-21(23)5)32(22(6)15-12-19(2)3)27(34)24(18-37)31-28(35)36-29(7,8)9/h13-14,17,19,22,24-25,37H,10-12,15-16,18H2,1-9H3,(H,30,33)(H,31,35). The lowest BCUT2D eigenvalue weighted by Gasteiger charge is -2.39. The van der Waals surface area contributed by atoms with E-state index in [1.54, 1.807) is 25.7 Å². The van der Waals surface area contributed by atoms with Gasteiger partial charge in [-0.15, -0.1) is 0 Å². The van der Waals surface area contributed by atoms with E-state index in [1.165, 1.54) is 0 Å². The lowest BCUT2D eigenvalue weighted by atomic mass is 9.93. The number of aryl methyl sites for hydroxylation is 2. The number of nitrogens with one attached hydrogen (secondary N) is 2. The van der Waals surface area contributed by atoms with Gasteiger partial charge in [0.15, 0.2) is 0 Å². The molecule has 0 aromatic heterocycles. The summed E-state index contributed by atoms with van der Waals surface area (Å²) in [5.41, 5.74) is 2.01. The van der Waals surface area contributed by atoms with E-state index in [4.69, 9.17) is 4.74 Å². The highest BCUT2D eigenvalue weighted by Gasteiger charge is 2.39. The fraction of sp³-hybridized carbons (Fsp3) is 0.690. The Bertz CT molecular complexity index is 898. The molecule has 3 atom stereocenters. The number of thiol groups is 1. The van der Waals surface area contributed by atoms with Gasteiger partial charge in [-0.25, -0.2) is 4.79 Å². The molecule has 0 heterocycles. The van der Waals surface area contributed by atoms with Crippen LogP contribution in [0.3, 0.4) is 0 Å². The predicted octanol–water partition coefficient (Wildman–Crippen LogP) is 5.74. The molecule has 0 saturated heterocycles. The van der Waals surface area contributed by atoms with E-state index in [0.717, 1.165) is 42.4 Å². The molecule has 0 spiro atoms. The fourth-order valence-electron chi connectivity index (χ4n) is 4.08. The monoisotopic (exact) mass is 535 g/mol. The summed E-state index contributed by atoms with van der Waals surface area (Å²) in [6.07, 6.45) is 2.72. The largest absolute Gasteiger partial charge is 0.444 e. The molecule has 210 valence electrons. The Balaban J connectivity index is 3.56. The minimum absolute atomic E-state index is 0.0719. The number of nitrogens with zero attached hydrogens (tertiary/aromatic N) is 1. The van der Waals surface area contributed by atoms with E-state index in [-0.39, 0.29) is 23.6 Å². The van der Waals surface area contributed by atoms with Gasteiger partial charge in [-0.2, -0.15) is 12.6 Å². The Hall–Kier alpha value is -2.22. The zero-order valence-corrected chi connectivity index (χ0v) is 25.2. The van der Waals surface area contributed by atoms with Crippen molar-refractivity contribution in [2.24, 2.45) is 5.92 Å². The van der Waals surface area contributed by atoms with Crippen LogP contribution < -0.4 is 10.6 Å². The SMILES string of the molecule is CCCCNC(=O)C(c1cc(C)ccc1C)N(C(=O)C(CS)NC(=O)OC(C)(C)C)C(C)CCC(C)C. The van der Waals surface area contributed by atoms with Crippen molar-refractivity contribution in [3.8, 4) is 0 Å². The van der Waals surface area contributed by atoms with Crippen molar-refractivity contribution in [1.82, 2.24) is 15.5 Å². The minimum Gasteiger partial charge on any atom is -0.444 e. The fourth-order valence-corrected chi connectivity index (χ4v) is 4.33. The average Bonchev–Trinajstić information content (AvgIpc) is 2.79. The maximum absolute atomic E-state index is 14.1. The summed E-state index contributed by atoms with van der Waals surface area (Å²) in [5, 5.41) is 5.74. The predicted molar refractivity (Wildman–Crippen MR) is 154 cm³/mol. The van der Waals surface area contributed by atoms with E-state index in [0.29, 0.717) is 12.5 Å². The van der Waals surface area contributed by atoms with Crippen molar-refractivity contribution < 1.29 is 19.1 Å². The zero-order valence-electron chi connectivity index (χ0n) is 24.3. The second kappa shape index (κ2) is 15.3. The molecule has 8 heteroatoms. The van der Waals surface area contributed by atoms with Crippen LogP contribution in [0.1, 0.15) is 96.9 Å². The average molecular weight is 536 g/mol. The summed E-state index contributed by atoms with van der Waals surface area (Å²) in [5.74, 6) is -0.0594. The molecule has 1 aromatic carbocycles. The first-order valence-corrected chi connectivity index (χ1v) is 14.1. The van der Waals surface area contributed by atoms with Gasteiger partial charge >= 0.3 is 6.09 Å². The molecule has 0 aliphatic heterocycles. The van der Waals surface area contributed by atoms with Gasteiger partial charge in [0.1, 0.15) is 17.7 Å². The number of hydrogen-bond acceptors (Lipinski definition) is 5. The molecule has 0 radical (unpaired) electrons. The molecule has 0 fully saturated rings. The van der Waals surface area contributed by atoms with Crippen LogP contribution in [0.15, 0.2) is 18.2 Å². The second-order valence-electron chi connectivity index (χ2n) is 11.4. The molecular weight excluding hydrogens is 486 g/mol. The number of carbonyl (C=O) groups is 3. The summed E-state index contributed by atoms with van der Waals surface area (Å²) in [7, 11) is 0. The van der Waals surface area contributed by atoms with Crippen LogP contribution in [-0.2, 0) is 14.3 Å². The highest BCUT2D eigenvalue weighted by molar-refractivity contribution is 7.80. The first-order valence-electron chi connectivity index (χ1n) is 13.5. The van der Waals surface area contributed by atoms with Gasteiger partial charge in [0.05, 0.1) is 0 Å². The van der Waals surface area contributed by atoms with Crippen molar-refractivity contribution in [3.63, 3.8) is 0 Å². The van der Waals surface area contributed by atoms with Gasteiger partial charge < -0.3 is 20.3 Å². The van der Waals surface area contributed by atoms with E-state index in [1.807, 2.05) is 39.0 Å². The Kier molecular flexibility index (Phi) is 13.5. The van der Waals surface area contributed by atoms with Gasteiger partial charge in [-0.05, 0) is 77.8 Å². The van der Waals surface area contributed by atoms with Crippen molar-refractivity contribution in [2.75, 3.05) is 12.3 Å². The van der Waals surface area contributed by atoms with Gasteiger partial charge in [0.25, 0.3) is 0 Å². The Labute approximate surface area is 229 Å². The van der Waals surface area contributed by atoms with Crippen LogP contribution >= 0.6 is 12.6 Å². The summed E-state index contributed by atoms with van der Waals surface area (Å²) in [6, 6.07) is 3.92. The molecule has 0 bridgehead atoms. The summed E-state index contributed by atoms with van der Waals surface area (Å²) in [6.45, 7) is 18.1. The summed E-state index contributed by atoms with van der Waals surface area (Å²) < 4.78 is 5.40. The smallest absolute Gasteiger partial charge is 0.408 e. The topological polar surface area (TPSA) is 87.7 Å². The molecule has 7 nitrogen and oxygen atoms in total. The molecule has 1 aromatic rings. The number of alkyl carbamates (subject to hydrolysis) is 1. The number of rotatable bonds is 13. The maximum atomic E-state index is 14.1. The molecule has 3 amide bonds. The second-order valence-corrected chi connectivity index (χ2v) is 11.7. The van der Waals surface area contributed by atoms with Crippen molar-refractivity contribution in [1.29, 1.82) is 0 Å². The van der Waals surface area contributed by atoms with Crippen molar-refractivity contribution in [2.45, 2.75) is 112 Å². The molecule has 3 unspecified atom stereocenters. The third-order valence-electron chi connectivity index (χ3n) is 6.15. The lowest BCUT2D eigenvalue weighted by molar-refractivity contribution is -0.144. The van der Waals surface area contributed by atoms with Gasteiger partial charge in [0, 0.05) is 18.3 Å². The Morgan fingerprint density at radius 3 is 2.27 bits per heavy atom. The number of amides is 3. The third kappa shape index (κ3) is 11.0. The van der Waals surface area contributed by atoms with Crippen molar-refractivity contribution >= 4 is 30.5 Å². The van der Waals surface area contributed by atoms with E-state index in [2.05, 4.69) is 44.0 Å². The third-order valence-corrected chi connectivity index (χ3v) is 6.51. The number of hydrogen-bond donors (Lipinski definition) is 3. The first kappa shape index (κ1) is 32.8. The van der Waals surface area contributed by atoms with Crippen LogP contribution in [0, 0.1) is 19.8 Å². The number of carbonyl (C=O) groups excluding carboxylic acids is 3. The van der Waals surface area contributed by atoms with E-state index >= 15 is 0 Å². The van der Waals surface area contributed by atoms with E-state index < -0.39 is 23.8 Å². The summed E-state index contributed by atoms with van der Waals surface area (Å²) in [4.78, 5) is 42.1. The van der Waals surface area contributed by atoms with Crippen LogP contribution in [0.4, 0.5) is 4.79 Å². The van der Waals surface area contributed by atoms with Crippen molar-refractivity contribution in [3.05, 3.63) is 34.9 Å². The normalized spacial score (nSPS) is 14.0. The lowest BCUT2D eigenvalue weighted by Crippen LogP contribution is -2.56. The molecule has 1 rings (SSSR count). The molecule has 0 aliphatic rings. The first-order chi connectivity index (χ1) is 17.2. The van der Waals surface area contributed by atoms with Crippen LogP contribution in [0.2, 0.25) is 0 Å². The molecule has 2 N–H and O–H groups in total. The minimum atomic E-state index is -0.948. The number of benzene rings is 1. The molecule has 0 aliphatic carbocycles. The number of ether oxygens (including phenoxy) is 1. The summed E-state index contributed by atoms with van der Waals surface area (Å²) >= 11 is 4.38. The maximum Gasteiger partial charge on any atom is 0.408 e. The Morgan fingerprint density at radius 1 is 1.08 bits per heavy atom. The van der Waals surface area contributed by atoms with Gasteiger partial charge in [0.2, 0.25) is 11.8 Å². The highest BCUT2D eigenvalue weighted by Crippen LogP contribution is 2.30. The van der Waals surface area contributed by atoms with E-state index in [9.17, 15) is 14.4 Å².